The first-order chi connectivity index (χ1) is 8.10. The smallest absolute Gasteiger partial charge is 0.181 e. The van der Waals surface area contributed by atoms with E-state index in [0.717, 1.165) is 30.6 Å². The average molecular weight is 276 g/mol. The minimum absolute atomic E-state index is 0.521. The second-order valence-electron chi connectivity index (χ2n) is 4.14. The molecular weight excluding hydrogens is 261 g/mol. The van der Waals surface area contributed by atoms with Crippen molar-refractivity contribution >= 4 is 23.2 Å². The molecule has 1 aromatic carbocycles. The minimum atomic E-state index is 0.521. The van der Waals surface area contributed by atoms with Gasteiger partial charge in [-0.25, -0.2) is 0 Å². The second kappa shape index (κ2) is 4.92. The summed E-state index contributed by atoms with van der Waals surface area (Å²) < 4.78 is 10.6. The summed E-state index contributed by atoms with van der Waals surface area (Å²) in [4.78, 5) is 2.20. The van der Waals surface area contributed by atoms with Crippen molar-refractivity contribution in [3.8, 4) is 11.5 Å². The van der Waals surface area contributed by atoms with Gasteiger partial charge in [-0.05, 0) is 24.6 Å². The van der Waals surface area contributed by atoms with Gasteiger partial charge in [0.2, 0.25) is 0 Å². The van der Waals surface area contributed by atoms with Crippen LogP contribution in [0.1, 0.15) is 11.1 Å². The second-order valence-corrected chi connectivity index (χ2v) is 4.90. The van der Waals surface area contributed by atoms with Gasteiger partial charge in [-0.15, -0.1) is 0 Å². The van der Waals surface area contributed by atoms with E-state index in [0.29, 0.717) is 21.5 Å². The van der Waals surface area contributed by atoms with E-state index in [1.165, 1.54) is 0 Å². The predicted octanol–water partition coefficient (Wildman–Crippen LogP) is 3.00. The predicted molar refractivity (Wildman–Crippen MR) is 69.6 cm³/mol. The highest BCUT2D eigenvalue weighted by molar-refractivity contribution is 6.37. The van der Waals surface area contributed by atoms with Gasteiger partial charge in [-0.3, -0.25) is 0 Å². The zero-order valence-electron chi connectivity index (χ0n) is 10.1. The van der Waals surface area contributed by atoms with E-state index in [4.69, 9.17) is 32.7 Å². The molecule has 0 fully saturated rings. The lowest BCUT2D eigenvalue weighted by Crippen LogP contribution is -2.27. The third-order valence-electron chi connectivity index (χ3n) is 3.08. The van der Waals surface area contributed by atoms with Crippen LogP contribution in [0.15, 0.2) is 0 Å². The highest BCUT2D eigenvalue weighted by Gasteiger charge is 2.26. The summed E-state index contributed by atoms with van der Waals surface area (Å²) in [5.74, 6) is 1.05. The Balaban J connectivity index is 2.66. The zero-order chi connectivity index (χ0) is 12.6. The Morgan fingerprint density at radius 1 is 1.00 bits per heavy atom. The van der Waals surface area contributed by atoms with E-state index in [-0.39, 0.29) is 0 Å². The van der Waals surface area contributed by atoms with Crippen molar-refractivity contribution in [3.05, 3.63) is 21.2 Å². The highest BCUT2D eigenvalue weighted by atomic mass is 35.5. The Morgan fingerprint density at radius 2 is 1.53 bits per heavy atom. The quantitative estimate of drug-likeness (QED) is 0.828. The van der Waals surface area contributed by atoms with Gasteiger partial charge in [-0.2, -0.15) is 0 Å². The fraction of sp³-hybridized carbons (Fsp3) is 0.500. The molecule has 1 aliphatic heterocycles. The Labute approximate surface area is 111 Å². The summed E-state index contributed by atoms with van der Waals surface area (Å²) in [6, 6.07) is 0. The number of methoxy groups -OCH3 is 2. The van der Waals surface area contributed by atoms with Crippen LogP contribution in [-0.4, -0.2) is 32.7 Å². The van der Waals surface area contributed by atoms with Crippen LogP contribution in [0.5, 0.6) is 11.5 Å². The molecule has 5 heteroatoms. The van der Waals surface area contributed by atoms with Crippen LogP contribution in [0, 0.1) is 0 Å². The molecule has 0 spiro atoms. The van der Waals surface area contributed by atoms with Gasteiger partial charge in [-0.1, -0.05) is 23.2 Å². The van der Waals surface area contributed by atoms with Crippen LogP contribution < -0.4 is 9.47 Å². The average Bonchev–Trinajstić information content (AvgIpc) is 2.33. The standard InChI is InChI=1S/C12H15Cl2NO2/c1-15-5-4-7-8(6-15)10(14)12(17-3)11(16-2)9(7)13/h4-6H2,1-3H3. The molecular formula is C12H15Cl2NO2. The third-order valence-corrected chi connectivity index (χ3v) is 3.88. The van der Waals surface area contributed by atoms with E-state index >= 15 is 0 Å². The van der Waals surface area contributed by atoms with Crippen LogP contribution >= 0.6 is 23.2 Å². The Morgan fingerprint density at radius 3 is 2.06 bits per heavy atom. The number of hydrogen-bond acceptors (Lipinski definition) is 3. The molecule has 1 heterocycles. The molecule has 0 unspecified atom stereocenters. The number of ether oxygens (including phenoxy) is 2. The first kappa shape index (κ1) is 12.8. The third kappa shape index (κ3) is 2.07. The van der Waals surface area contributed by atoms with E-state index in [2.05, 4.69) is 11.9 Å². The summed E-state index contributed by atoms with van der Waals surface area (Å²) in [7, 11) is 5.20. The molecule has 0 aliphatic carbocycles. The zero-order valence-corrected chi connectivity index (χ0v) is 11.7. The number of fused-ring (bicyclic) bond motifs is 1. The normalized spacial score (nSPS) is 15.6. The molecule has 17 heavy (non-hydrogen) atoms. The van der Waals surface area contributed by atoms with Crippen LogP contribution in [0.25, 0.3) is 0 Å². The SMILES string of the molecule is COc1c(Cl)c2c(c(Cl)c1OC)CN(C)CC2. The van der Waals surface area contributed by atoms with Gasteiger partial charge < -0.3 is 14.4 Å². The Kier molecular flexibility index (Phi) is 3.71. The molecule has 0 N–H and O–H groups in total. The Bertz CT molecular complexity index is 449. The summed E-state index contributed by atoms with van der Waals surface area (Å²) >= 11 is 12.7. The van der Waals surface area contributed by atoms with Crippen LogP contribution in [0.3, 0.4) is 0 Å². The summed E-state index contributed by atoms with van der Waals surface area (Å²) in [6.45, 7) is 1.76. The van der Waals surface area contributed by atoms with E-state index in [1.807, 2.05) is 0 Å². The maximum Gasteiger partial charge on any atom is 0.181 e. The van der Waals surface area contributed by atoms with Crippen molar-refractivity contribution in [1.82, 2.24) is 4.90 Å². The van der Waals surface area contributed by atoms with Crippen molar-refractivity contribution in [1.29, 1.82) is 0 Å². The highest BCUT2D eigenvalue weighted by Crippen LogP contribution is 2.47. The number of benzene rings is 1. The molecule has 1 aromatic rings. The van der Waals surface area contributed by atoms with Crippen molar-refractivity contribution in [3.63, 3.8) is 0 Å². The lowest BCUT2D eigenvalue weighted by atomic mass is 9.99. The van der Waals surface area contributed by atoms with Gasteiger partial charge >= 0.3 is 0 Å². The monoisotopic (exact) mass is 275 g/mol. The first-order valence-electron chi connectivity index (χ1n) is 5.39. The van der Waals surface area contributed by atoms with Crippen LogP contribution in [0.4, 0.5) is 0 Å². The molecule has 0 aromatic heterocycles. The topological polar surface area (TPSA) is 21.7 Å². The van der Waals surface area contributed by atoms with Crippen LogP contribution in [0.2, 0.25) is 10.0 Å². The molecule has 0 saturated carbocycles. The molecule has 1 aliphatic rings. The molecule has 0 saturated heterocycles. The molecule has 0 amide bonds. The van der Waals surface area contributed by atoms with E-state index in [1.54, 1.807) is 14.2 Å². The maximum atomic E-state index is 6.36. The minimum Gasteiger partial charge on any atom is -0.491 e. The van der Waals surface area contributed by atoms with Crippen molar-refractivity contribution in [2.75, 3.05) is 27.8 Å². The number of halogens is 2. The van der Waals surface area contributed by atoms with Gasteiger partial charge in [0.15, 0.2) is 11.5 Å². The number of hydrogen-bond donors (Lipinski definition) is 0. The van der Waals surface area contributed by atoms with Gasteiger partial charge in [0, 0.05) is 13.1 Å². The van der Waals surface area contributed by atoms with Gasteiger partial charge in [0.1, 0.15) is 0 Å². The van der Waals surface area contributed by atoms with E-state index in [9.17, 15) is 0 Å². The lowest BCUT2D eigenvalue weighted by molar-refractivity contribution is 0.308. The van der Waals surface area contributed by atoms with Gasteiger partial charge in [0.25, 0.3) is 0 Å². The first-order valence-corrected chi connectivity index (χ1v) is 6.15. The summed E-state index contributed by atoms with van der Waals surface area (Å²) in [5.41, 5.74) is 2.12. The van der Waals surface area contributed by atoms with Gasteiger partial charge in [0.05, 0.1) is 24.3 Å². The van der Waals surface area contributed by atoms with Crippen molar-refractivity contribution in [2.45, 2.75) is 13.0 Å². The number of rotatable bonds is 2. The number of likely N-dealkylation sites (N-methyl/N-ethyl adjacent to an activating group) is 1. The largest absolute Gasteiger partial charge is 0.491 e. The summed E-state index contributed by atoms with van der Waals surface area (Å²) in [5, 5.41) is 1.23. The Hall–Kier alpha value is -0.640. The summed E-state index contributed by atoms with van der Waals surface area (Å²) in [6.07, 6.45) is 0.880. The van der Waals surface area contributed by atoms with Crippen LogP contribution in [-0.2, 0) is 13.0 Å². The van der Waals surface area contributed by atoms with Crippen molar-refractivity contribution in [2.24, 2.45) is 0 Å². The van der Waals surface area contributed by atoms with Crippen molar-refractivity contribution < 1.29 is 9.47 Å². The molecule has 0 atom stereocenters. The molecule has 94 valence electrons. The fourth-order valence-corrected chi connectivity index (χ4v) is 2.89. The molecule has 0 bridgehead atoms. The lowest BCUT2D eigenvalue weighted by Gasteiger charge is -2.28. The molecule has 2 rings (SSSR count). The maximum absolute atomic E-state index is 6.36. The number of nitrogens with zero attached hydrogens (tertiary/aromatic N) is 1. The fourth-order valence-electron chi connectivity index (χ4n) is 2.18. The molecule has 3 nitrogen and oxygen atoms in total. The molecule has 0 radical (unpaired) electrons. The van der Waals surface area contributed by atoms with E-state index < -0.39 is 0 Å².